The third-order valence-corrected chi connectivity index (χ3v) is 2.73. The lowest BCUT2D eigenvalue weighted by Gasteiger charge is -2.34. The summed E-state index contributed by atoms with van der Waals surface area (Å²) in [6, 6.07) is -0.148. The van der Waals surface area contributed by atoms with E-state index < -0.39 is 11.9 Å². The van der Waals surface area contributed by atoms with Crippen molar-refractivity contribution in [2.24, 2.45) is 0 Å². The first kappa shape index (κ1) is 10.3. The summed E-state index contributed by atoms with van der Waals surface area (Å²) in [5, 5.41) is 21.8. The van der Waals surface area contributed by atoms with Crippen LogP contribution in [0.1, 0.15) is 13.8 Å². The molecule has 2 aliphatic heterocycles. The lowest BCUT2D eigenvalue weighted by Crippen LogP contribution is -2.59. The maximum atomic E-state index is 9.68. The van der Waals surface area contributed by atoms with Crippen LogP contribution >= 0.6 is 0 Å². The van der Waals surface area contributed by atoms with E-state index in [4.69, 9.17) is 14.6 Å². The highest BCUT2D eigenvalue weighted by atomic mass is 16.8. The Morgan fingerprint density at radius 1 is 1.36 bits per heavy atom. The van der Waals surface area contributed by atoms with Gasteiger partial charge in [-0.1, -0.05) is 0 Å². The molecule has 0 radical (unpaired) electrons. The van der Waals surface area contributed by atoms with E-state index in [1.807, 2.05) is 13.8 Å². The summed E-state index contributed by atoms with van der Waals surface area (Å²) in [4.78, 5) is 0. The molecule has 2 fully saturated rings. The molecule has 0 saturated carbocycles. The Labute approximate surface area is 83.0 Å². The van der Waals surface area contributed by atoms with Gasteiger partial charge in [-0.05, 0) is 13.8 Å². The first-order valence-electron chi connectivity index (χ1n) is 4.91. The first-order valence-corrected chi connectivity index (χ1v) is 4.91. The Morgan fingerprint density at radius 3 is 2.64 bits per heavy atom. The average molecular weight is 203 g/mol. The summed E-state index contributed by atoms with van der Waals surface area (Å²) in [6.07, 6.45) is -1.16. The Morgan fingerprint density at radius 2 is 2.00 bits per heavy atom. The Balaban J connectivity index is 2.14. The van der Waals surface area contributed by atoms with Gasteiger partial charge < -0.3 is 25.0 Å². The van der Waals surface area contributed by atoms with Crippen LogP contribution < -0.4 is 5.32 Å². The molecule has 14 heavy (non-hydrogen) atoms. The molecule has 4 atom stereocenters. The van der Waals surface area contributed by atoms with Gasteiger partial charge in [-0.3, -0.25) is 0 Å². The normalized spacial score (nSPS) is 46.3. The van der Waals surface area contributed by atoms with Gasteiger partial charge in [0.2, 0.25) is 0 Å². The number of aliphatic hydroxyl groups is 2. The number of hydrogen-bond acceptors (Lipinski definition) is 5. The molecule has 0 spiro atoms. The number of rotatable bonds is 1. The molecular weight excluding hydrogens is 186 g/mol. The second-order valence-electron chi connectivity index (χ2n) is 4.33. The van der Waals surface area contributed by atoms with E-state index in [0.717, 1.165) is 0 Å². The largest absolute Gasteiger partial charge is 0.395 e. The van der Waals surface area contributed by atoms with Crippen LogP contribution in [0.15, 0.2) is 0 Å². The molecule has 0 aliphatic carbocycles. The van der Waals surface area contributed by atoms with Crippen LogP contribution in [0.2, 0.25) is 0 Å². The summed E-state index contributed by atoms with van der Waals surface area (Å²) >= 11 is 0. The molecule has 0 aromatic rings. The predicted molar refractivity (Wildman–Crippen MR) is 48.7 cm³/mol. The van der Waals surface area contributed by atoms with E-state index in [-0.39, 0.29) is 24.9 Å². The third-order valence-electron chi connectivity index (χ3n) is 2.73. The minimum atomic E-state index is -0.671. The Kier molecular flexibility index (Phi) is 2.53. The van der Waals surface area contributed by atoms with Crippen LogP contribution in [0.5, 0.6) is 0 Å². The Bertz CT molecular complexity index is 221. The summed E-state index contributed by atoms with van der Waals surface area (Å²) < 4.78 is 11.2. The number of fused-ring (bicyclic) bond motifs is 1. The maximum Gasteiger partial charge on any atom is 0.163 e. The van der Waals surface area contributed by atoms with Crippen molar-refractivity contribution in [2.75, 3.05) is 13.2 Å². The molecular formula is C9H17NO4. The molecule has 0 aromatic heterocycles. The molecule has 5 nitrogen and oxygen atoms in total. The minimum absolute atomic E-state index is 0.00662. The van der Waals surface area contributed by atoms with Gasteiger partial charge in [0, 0.05) is 6.54 Å². The standard InChI is InChI=1S/C9H17NO4/c1-9(2)13-7-5(4-11)10-3-6(12)8(7)14-9/h5-8,10-12H,3-4H2,1-2H3/t5-,6-,7+,8+/m0/s1. The zero-order valence-electron chi connectivity index (χ0n) is 8.43. The first-order chi connectivity index (χ1) is 6.53. The van der Waals surface area contributed by atoms with E-state index in [1.165, 1.54) is 0 Å². The van der Waals surface area contributed by atoms with Gasteiger partial charge in [-0.25, -0.2) is 0 Å². The van der Waals surface area contributed by atoms with Gasteiger partial charge >= 0.3 is 0 Å². The van der Waals surface area contributed by atoms with Gasteiger partial charge in [-0.2, -0.15) is 0 Å². The molecule has 2 aliphatic rings. The molecule has 82 valence electrons. The number of nitrogens with one attached hydrogen (secondary N) is 1. The second-order valence-corrected chi connectivity index (χ2v) is 4.33. The molecule has 0 aromatic carbocycles. The van der Waals surface area contributed by atoms with Gasteiger partial charge in [0.15, 0.2) is 5.79 Å². The van der Waals surface area contributed by atoms with Crippen molar-refractivity contribution >= 4 is 0 Å². The zero-order chi connectivity index (χ0) is 10.3. The molecule has 0 amide bonds. The van der Waals surface area contributed by atoms with Crippen molar-refractivity contribution in [2.45, 2.75) is 44.0 Å². The monoisotopic (exact) mass is 203 g/mol. The van der Waals surface area contributed by atoms with Gasteiger partial charge in [0.1, 0.15) is 12.2 Å². The molecule has 2 heterocycles. The summed E-state index contributed by atoms with van der Waals surface area (Å²) in [5.74, 6) is -0.671. The van der Waals surface area contributed by atoms with Crippen molar-refractivity contribution in [3.8, 4) is 0 Å². The van der Waals surface area contributed by atoms with E-state index in [0.29, 0.717) is 6.54 Å². The SMILES string of the molecule is CC1(C)O[C@H]2[C@H](O1)[C@@H](O)CN[C@H]2CO. The highest BCUT2D eigenvalue weighted by Gasteiger charge is 2.50. The number of hydrogen-bond donors (Lipinski definition) is 3. The highest BCUT2D eigenvalue weighted by Crippen LogP contribution is 2.33. The fourth-order valence-corrected chi connectivity index (χ4v) is 2.10. The van der Waals surface area contributed by atoms with E-state index >= 15 is 0 Å². The maximum absolute atomic E-state index is 9.68. The van der Waals surface area contributed by atoms with Gasteiger partial charge in [0.05, 0.1) is 18.8 Å². The van der Waals surface area contributed by atoms with Crippen LogP contribution in [-0.2, 0) is 9.47 Å². The number of aliphatic hydroxyl groups excluding tert-OH is 2. The van der Waals surface area contributed by atoms with E-state index in [9.17, 15) is 5.11 Å². The highest BCUT2D eigenvalue weighted by molar-refractivity contribution is 4.98. The molecule has 2 saturated heterocycles. The van der Waals surface area contributed by atoms with E-state index in [1.54, 1.807) is 0 Å². The lowest BCUT2D eigenvalue weighted by atomic mass is 9.97. The van der Waals surface area contributed by atoms with Crippen LogP contribution in [0.25, 0.3) is 0 Å². The summed E-state index contributed by atoms with van der Waals surface area (Å²) in [5.41, 5.74) is 0. The molecule has 2 rings (SSSR count). The molecule has 3 N–H and O–H groups in total. The van der Waals surface area contributed by atoms with Crippen LogP contribution in [-0.4, -0.2) is 53.5 Å². The fraction of sp³-hybridized carbons (Fsp3) is 1.00. The van der Waals surface area contributed by atoms with Crippen LogP contribution in [0, 0.1) is 0 Å². The summed E-state index contributed by atoms with van der Waals surface area (Å²) in [6.45, 7) is 4.05. The van der Waals surface area contributed by atoms with Crippen molar-refractivity contribution in [1.82, 2.24) is 5.32 Å². The molecule has 0 unspecified atom stereocenters. The predicted octanol–water partition coefficient (Wildman–Crippen LogP) is -1.17. The van der Waals surface area contributed by atoms with Crippen molar-refractivity contribution in [3.05, 3.63) is 0 Å². The zero-order valence-corrected chi connectivity index (χ0v) is 8.43. The van der Waals surface area contributed by atoms with E-state index in [2.05, 4.69) is 5.32 Å². The molecule has 5 heteroatoms. The topological polar surface area (TPSA) is 71.0 Å². The van der Waals surface area contributed by atoms with Crippen LogP contribution in [0.3, 0.4) is 0 Å². The van der Waals surface area contributed by atoms with Crippen LogP contribution in [0.4, 0.5) is 0 Å². The number of β-amino-alcohol motifs (C(OH)–C–C–N with tert-alkyl or cyclic N) is 1. The van der Waals surface area contributed by atoms with Gasteiger partial charge in [-0.15, -0.1) is 0 Å². The smallest absolute Gasteiger partial charge is 0.163 e. The Hall–Kier alpha value is -0.200. The second kappa shape index (κ2) is 3.43. The average Bonchev–Trinajstić information content (AvgIpc) is 2.42. The minimum Gasteiger partial charge on any atom is -0.395 e. The van der Waals surface area contributed by atoms with Crippen molar-refractivity contribution < 1.29 is 19.7 Å². The molecule has 0 bridgehead atoms. The third kappa shape index (κ3) is 1.66. The number of ether oxygens (including phenoxy) is 2. The van der Waals surface area contributed by atoms with Crippen molar-refractivity contribution in [1.29, 1.82) is 0 Å². The van der Waals surface area contributed by atoms with Crippen molar-refractivity contribution in [3.63, 3.8) is 0 Å². The number of piperidine rings is 1. The lowest BCUT2D eigenvalue weighted by molar-refractivity contribution is -0.153. The van der Waals surface area contributed by atoms with Gasteiger partial charge in [0.25, 0.3) is 0 Å². The summed E-state index contributed by atoms with van der Waals surface area (Å²) in [7, 11) is 0. The fourth-order valence-electron chi connectivity index (χ4n) is 2.10. The quantitative estimate of drug-likeness (QED) is 0.501.